The maximum absolute atomic E-state index is 11.4. The second kappa shape index (κ2) is 5.04. The zero-order valence-corrected chi connectivity index (χ0v) is 10.5. The number of methoxy groups -OCH3 is 1. The average Bonchev–Trinajstić information content (AvgIpc) is 2.64. The lowest BCUT2D eigenvalue weighted by molar-refractivity contribution is 0.177. The molecule has 1 amide bonds. The van der Waals surface area contributed by atoms with Crippen LogP contribution >= 0.6 is 0 Å². The van der Waals surface area contributed by atoms with E-state index in [0.29, 0.717) is 0 Å². The number of carbonyl (C=O) groups excluding carboxylic acids is 1. The van der Waals surface area contributed by atoms with Gasteiger partial charge in [0, 0.05) is 11.8 Å². The summed E-state index contributed by atoms with van der Waals surface area (Å²) in [6.07, 6.45) is -1.07. The van der Waals surface area contributed by atoms with E-state index in [-0.39, 0.29) is 11.7 Å². The van der Waals surface area contributed by atoms with Crippen molar-refractivity contribution in [3.05, 3.63) is 11.8 Å². The Morgan fingerprint density at radius 3 is 2.65 bits per heavy atom. The number of aromatic amines is 1. The Morgan fingerprint density at radius 2 is 2.18 bits per heavy atom. The van der Waals surface area contributed by atoms with Crippen molar-refractivity contribution in [3.8, 4) is 0 Å². The molecule has 0 fully saturated rings. The Kier molecular flexibility index (Phi) is 3.94. The van der Waals surface area contributed by atoms with Crippen LogP contribution in [0, 0.1) is 0 Å². The number of nitrogens with one attached hydrogen (secondary N) is 3. The van der Waals surface area contributed by atoms with Gasteiger partial charge in [-0.1, -0.05) is 13.8 Å². The molecular weight excluding hydrogens is 248 g/mol. The van der Waals surface area contributed by atoms with Crippen LogP contribution in [-0.2, 0) is 14.9 Å². The Bertz CT molecular complexity index is 493. The molecule has 0 aliphatic heterocycles. The van der Waals surface area contributed by atoms with Gasteiger partial charge in [-0.15, -0.1) is 0 Å². The Hall–Kier alpha value is -1.77. The molecular formula is C8H14N4O4S. The van der Waals surface area contributed by atoms with E-state index in [1.807, 2.05) is 13.8 Å². The van der Waals surface area contributed by atoms with Gasteiger partial charge in [0.15, 0.2) is 5.82 Å². The summed E-state index contributed by atoms with van der Waals surface area (Å²) in [5, 5.41) is 6.42. The van der Waals surface area contributed by atoms with Crippen LogP contribution in [0.5, 0.6) is 0 Å². The minimum atomic E-state index is -4.02. The van der Waals surface area contributed by atoms with Crippen LogP contribution in [0.15, 0.2) is 6.07 Å². The molecule has 8 nitrogen and oxygen atoms in total. The van der Waals surface area contributed by atoms with Crippen LogP contribution in [-0.4, -0.2) is 31.8 Å². The van der Waals surface area contributed by atoms with Crippen molar-refractivity contribution in [2.45, 2.75) is 19.8 Å². The maximum atomic E-state index is 11.4. The molecule has 17 heavy (non-hydrogen) atoms. The van der Waals surface area contributed by atoms with Crippen molar-refractivity contribution in [2.24, 2.45) is 0 Å². The van der Waals surface area contributed by atoms with Gasteiger partial charge in [0.25, 0.3) is 0 Å². The molecule has 1 rings (SSSR count). The quantitative estimate of drug-likeness (QED) is 0.733. The van der Waals surface area contributed by atoms with E-state index in [1.54, 1.807) is 10.8 Å². The molecule has 0 bridgehead atoms. The van der Waals surface area contributed by atoms with Crippen LogP contribution in [0.25, 0.3) is 0 Å². The Labute approximate surface area is 98.9 Å². The zero-order valence-electron chi connectivity index (χ0n) is 9.64. The molecule has 3 N–H and O–H groups in total. The summed E-state index contributed by atoms with van der Waals surface area (Å²) in [6, 6.07) is 1.54. The first kappa shape index (κ1) is 13.3. The van der Waals surface area contributed by atoms with Gasteiger partial charge in [0.05, 0.1) is 7.11 Å². The number of amides is 1. The third kappa shape index (κ3) is 3.94. The third-order valence-electron chi connectivity index (χ3n) is 1.86. The van der Waals surface area contributed by atoms with Gasteiger partial charge in [-0.25, -0.2) is 14.2 Å². The highest BCUT2D eigenvalue weighted by Gasteiger charge is 2.16. The molecule has 0 unspecified atom stereocenters. The van der Waals surface area contributed by atoms with Gasteiger partial charge in [0.2, 0.25) is 0 Å². The Morgan fingerprint density at radius 1 is 1.53 bits per heavy atom. The van der Waals surface area contributed by atoms with E-state index >= 15 is 0 Å². The molecule has 9 heteroatoms. The summed E-state index contributed by atoms with van der Waals surface area (Å²) in [4.78, 5) is 10.8. The van der Waals surface area contributed by atoms with Gasteiger partial charge < -0.3 is 4.74 Å². The van der Waals surface area contributed by atoms with E-state index in [2.05, 4.69) is 19.7 Å². The third-order valence-corrected chi connectivity index (χ3v) is 2.77. The highest BCUT2D eigenvalue weighted by molar-refractivity contribution is 7.91. The lowest BCUT2D eigenvalue weighted by Crippen LogP contribution is -2.35. The number of nitrogens with zero attached hydrogens (tertiary/aromatic N) is 1. The number of carbonyl (C=O) groups is 1. The highest BCUT2D eigenvalue weighted by Crippen LogP contribution is 2.15. The number of anilines is 1. The largest absolute Gasteiger partial charge is 0.452 e. The number of hydrogen-bond donors (Lipinski definition) is 3. The summed E-state index contributed by atoms with van der Waals surface area (Å²) in [5.41, 5.74) is 0.778. The second-order valence-corrected chi connectivity index (χ2v) is 4.98. The summed E-state index contributed by atoms with van der Waals surface area (Å²) in [5.74, 6) is 0.291. The molecule has 96 valence electrons. The minimum Gasteiger partial charge on any atom is -0.452 e. The number of H-pyrrole nitrogens is 1. The van der Waals surface area contributed by atoms with Crippen molar-refractivity contribution in [1.82, 2.24) is 14.9 Å². The fourth-order valence-electron chi connectivity index (χ4n) is 0.999. The molecule has 0 saturated heterocycles. The smallest absolute Gasteiger partial charge is 0.422 e. The van der Waals surface area contributed by atoms with Gasteiger partial charge in [-0.05, 0) is 5.92 Å². The zero-order chi connectivity index (χ0) is 13.1. The van der Waals surface area contributed by atoms with E-state index in [0.717, 1.165) is 12.8 Å². The fraction of sp³-hybridized carbons (Fsp3) is 0.500. The van der Waals surface area contributed by atoms with Crippen molar-refractivity contribution < 1.29 is 17.9 Å². The molecule has 0 radical (unpaired) electrons. The minimum absolute atomic E-state index is 0.102. The summed E-state index contributed by atoms with van der Waals surface area (Å²) in [6.45, 7) is 3.86. The summed E-state index contributed by atoms with van der Waals surface area (Å²) in [7, 11) is -2.95. The second-order valence-electron chi connectivity index (χ2n) is 3.56. The number of hydrogen-bond acceptors (Lipinski definition) is 5. The lowest BCUT2D eigenvalue weighted by Gasteiger charge is -2.05. The van der Waals surface area contributed by atoms with Crippen LogP contribution in [0.4, 0.5) is 10.6 Å². The molecule has 0 aliphatic rings. The Balaban J connectivity index is 2.73. The SMILES string of the molecule is COC(=O)NS(=O)(=O)Nc1cc(C(C)C)[nH]n1. The molecule has 0 saturated carbocycles. The van der Waals surface area contributed by atoms with Gasteiger partial charge >= 0.3 is 16.3 Å². The van der Waals surface area contributed by atoms with Crippen molar-refractivity contribution in [2.75, 3.05) is 11.8 Å². The van der Waals surface area contributed by atoms with Gasteiger partial charge in [0.1, 0.15) is 0 Å². The predicted molar refractivity (Wildman–Crippen MR) is 60.8 cm³/mol. The average molecular weight is 262 g/mol. The fourth-order valence-corrected chi connectivity index (χ4v) is 1.73. The monoisotopic (exact) mass is 262 g/mol. The molecule has 0 spiro atoms. The van der Waals surface area contributed by atoms with Gasteiger partial charge in [-0.3, -0.25) is 5.10 Å². The number of ether oxygens (including phenoxy) is 1. The topological polar surface area (TPSA) is 113 Å². The highest BCUT2D eigenvalue weighted by atomic mass is 32.2. The van der Waals surface area contributed by atoms with E-state index in [1.165, 1.54) is 0 Å². The first-order chi connectivity index (χ1) is 7.84. The molecule has 1 heterocycles. The van der Waals surface area contributed by atoms with Crippen molar-refractivity contribution in [1.29, 1.82) is 0 Å². The van der Waals surface area contributed by atoms with Crippen molar-refractivity contribution in [3.63, 3.8) is 0 Å². The normalized spacial score (nSPS) is 11.3. The van der Waals surface area contributed by atoms with Crippen LogP contribution in [0.2, 0.25) is 0 Å². The summed E-state index contributed by atoms with van der Waals surface area (Å²) < 4.78 is 30.6. The molecule has 0 aromatic carbocycles. The molecule has 0 aliphatic carbocycles. The molecule has 1 aromatic heterocycles. The van der Waals surface area contributed by atoms with Crippen molar-refractivity contribution >= 4 is 22.1 Å². The first-order valence-electron chi connectivity index (χ1n) is 4.78. The maximum Gasteiger partial charge on any atom is 0.422 e. The van der Waals surface area contributed by atoms with E-state index in [9.17, 15) is 13.2 Å². The number of rotatable bonds is 4. The molecule has 1 aromatic rings. The van der Waals surface area contributed by atoms with Crippen LogP contribution in [0.1, 0.15) is 25.5 Å². The molecule has 0 atom stereocenters. The number of aromatic nitrogens is 2. The first-order valence-corrected chi connectivity index (χ1v) is 6.26. The lowest BCUT2D eigenvalue weighted by atomic mass is 10.1. The van der Waals surface area contributed by atoms with Crippen LogP contribution in [0.3, 0.4) is 0 Å². The van der Waals surface area contributed by atoms with Gasteiger partial charge in [-0.2, -0.15) is 13.5 Å². The van der Waals surface area contributed by atoms with Crippen LogP contribution < -0.4 is 9.44 Å². The standard InChI is InChI=1S/C8H14N4O4S/c1-5(2)6-4-7(10-9-6)11-17(14,15)12-8(13)16-3/h4-5H,1-3H3,(H,12,13)(H2,9,10,11). The van der Waals surface area contributed by atoms with E-state index in [4.69, 9.17) is 0 Å². The summed E-state index contributed by atoms with van der Waals surface area (Å²) >= 11 is 0. The predicted octanol–water partition coefficient (Wildman–Crippen LogP) is 0.546. The van der Waals surface area contributed by atoms with E-state index < -0.39 is 16.3 Å².